The summed E-state index contributed by atoms with van der Waals surface area (Å²) in [7, 11) is 0. The molecule has 0 aliphatic heterocycles. The van der Waals surface area contributed by atoms with Crippen LogP contribution in [0.1, 0.15) is 40.7 Å². The Hall–Kier alpha value is -4.30. The van der Waals surface area contributed by atoms with Crippen molar-refractivity contribution in [3.05, 3.63) is 11.4 Å². The molecule has 1 heterocycles. The topological polar surface area (TPSA) is 265 Å². The molecule has 15 nitrogen and oxygen atoms in total. The number of aliphatic carboxylic acids is 3. The Morgan fingerprint density at radius 2 is 1.17 bits per heavy atom. The fourth-order valence-corrected chi connectivity index (χ4v) is 2.09. The Balaban J connectivity index is 3.10. The number of anilines is 2. The third-order valence-corrected chi connectivity index (χ3v) is 3.54. The Morgan fingerprint density at radius 1 is 0.800 bits per heavy atom. The lowest BCUT2D eigenvalue weighted by Gasteiger charge is -2.16. The molecule has 0 aliphatic rings. The van der Waals surface area contributed by atoms with Gasteiger partial charge in [0.1, 0.15) is 6.04 Å². The van der Waals surface area contributed by atoms with E-state index in [2.05, 4.69) is 15.3 Å². The Kier molecular flexibility index (Phi) is 7.72. The fraction of sp³-hybridized carbons (Fsp3) is 0.333. The van der Waals surface area contributed by atoms with Crippen molar-refractivity contribution < 1.29 is 44.1 Å². The van der Waals surface area contributed by atoms with Crippen molar-refractivity contribution in [2.75, 3.05) is 11.5 Å². The number of nitrogens with zero attached hydrogens (tertiary/aromatic N) is 2. The molecule has 1 aromatic rings. The number of carbonyl (C=O) groups excluding carboxylic acids is 3. The van der Waals surface area contributed by atoms with Gasteiger partial charge >= 0.3 is 17.9 Å². The van der Waals surface area contributed by atoms with Gasteiger partial charge < -0.3 is 37.4 Å². The maximum atomic E-state index is 12.2. The van der Waals surface area contributed by atoms with Crippen LogP contribution in [0.3, 0.4) is 0 Å². The molecule has 0 fully saturated rings. The molecular formula is C15H18N6O9. The van der Waals surface area contributed by atoms with Gasteiger partial charge in [-0.25, -0.2) is 14.8 Å². The summed E-state index contributed by atoms with van der Waals surface area (Å²) in [5.41, 5.74) is 9.85. The minimum atomic E-state index is -1.80. The molecule has 30 heavy (non-hydrogen) atoms. The normalized spacial score (nSPS) is 12.3. The van der Waals surface area contributed by atoms with E-state index in [-0.39, 0.29) is 0 Å². The number of rotatable bonds is 10. The molecule has 162 valence electrons. The minimum Gasteiger partial charge on any atom is -0.481 e. The number of amides is 2. The summed E-state index contributed by atoms with van der Waals surface area (Å²) in [5, 5.41) is 30.4. The highest BCUT2D eigenvalue weighted by Crippen LogP contribution is 2.14. The van der Waals surface area contributed by atoms with Crippen LogP contribution in [0.15, 0.2) is 0 Å². The van der Waals surface area contributed by atoms with E-state index in [4.69, 9.17) is 26.8 Å². The number of carboxylic acids is 3. The molecule has 0 aromatic carbocycles. The SMILES string of the molecule is CC(=O)[C@@H](CC(=O)O)NC(=O)c1nc(N)c(C(=O)N[C@H](CC(=O)O)C(=O)O)nc1N. The zero-order valence-corrected chi connectivity index (χ0v) is 15.4. The first kappa shape index (κ1) is 23.7. The lowest BCUT2D eigenvalue weighted by molar-refractivity contribution is -0.145. The van der Waals surface area contributed by atoms with Gasteiger partial charge in [-0.1, -0.05) is 0 Å². The molecule has 0 aliphatic carbocycles. The van der Waals surface area contributed by atoms with E-state index in [0.29, 0.717) is 0 Å². The van der Waals surface area contributed by atoms with Gasteiger partial charge in [-0.15, -0.1) is 0 Å². The van der Waals surface area contributed by atoms with Gasteiger partial charge in [0.25, 0.3) is 11.8 Å². The Labute approximate surface area is 167 Å². The lowest BCUT2D eigenvalue weighted by Crippen LogP contribution is -2.43. The zero-order valence-electron chi connectivity index (χ0n) is 15.4. The number of hydrogen-bond donors (Lipinski definition) is 7. The third kappa shape index (κ3) is 6.39. The summed E-state index contributed by atoms with van der Waals surface area (Å²) >= 11 is 0. The van der Waals surface area contributed by atoms with E-state index in [0.717, 1.165) is 6.92 Å². The lowest BCUT2D eigenvalue weighted by atomic mass is 10.1. The molecule has 2 atom stereocenters. The van der Waals surface area contributed by atoms with Gasteiger partial charge in [0.05, 0.1) is 18.9 Å². The van der Waals surface area contributed by atoms with E-state index in [1.165, 1.54) is 0 Å². The molecule has 0 saturated carbocycles. The average molecular weight is 426 g/mol. The van der Waals surface area contributed by atoms with Crippen molar-refractivity contribution in [1.82, 2.24) is 20.6 Å². The van der Waals surface area contributed by atoms with E-state index in [9.17, 15) is 28.8 Å². The first-order valence-electron chi connectivity index (χ1n) is 8.05. The molecule has 0 bridgehead atoms. The van der Waals surface area contributed by atoms with E-state index in [1.807, 2.05) is 5.32 Å². The number of nitrogens with one attached hydrogen (secondary N) is 2. The second kappa shape index (κ2) is 9.76. The number of carbonyl (C=O) groups is 6. The largest absolute Gasteiger partial charge is 0.481 e. The van der Waals surface area contributed by atoms with Crippen molar-refractivity contribution >= 4 is 47.1 Å². The highest BCUT2D eigenvalue weighted by Gasteiger charge is 2.28. The maximum Gasteiger partial charge on any atom is 0.326 e. The molecule has 0 radical (unpaired) electrons. The van der Waals surface area contributed by atoms with Crippen LogP contribution >= 0.6 is 0 Å². The van der Waals surface area contributed by atoms with Crippen LogP contribution in [-0.2, 0) is 19.2 Å². The number of nitrogen functional groups attached to an aromatic ring is 2. The molecule has 1 rings (SSSR count). The van der Waals surface area contributed by atoms with Crippen LogP contribution in [0, 0.1) is 0 Å². The number of Topliss-reactive ketones (excluding diaryl/α,β-unsaturated/α-hetero) is 1. The van der Waals surface area contributed by atoms with Gasteiger partial charge in [-0.05, 0) is 6.92 Å². The molecule has 2 amide bonds. The smallest absolute Gasteiger partial charge is 0.326 e. The van der Waals surface area contributed by atoms with Crippen molar-refractivity contribution in [2.45, 2.75) is 31.8 Å². The number of aromatic nitrogens is 2. The van der Waals surface area contributed by atoms with Crippen LogP contribution in [0.4, 0.5) is 11.6 Å². The third-order valence-electron chi connectivity index (χ3n) is 3.54. The van der Waals surface area contributed by atoms with Crippen LogP contribution in [-0.4, -0.2) is 72.9 Å². The summed E-state index contributed by atoms with van der Waals surface area (Å²) < 4.78 is 0. The number of carboxylic acid groups (broad SMARTS) is 3. The van der Waals surface area contributed by atoms with Crippen molar-refractivity contribution in [1.29, 1.82) is 0 Å². The van der Waals surface area contributed by atoms with Crippen LogP contribution in [0.5, 0.6) is 0 Å². The summed E-state index contributed by atoms with van der Waals surface area (Å²) in [6.45, 7) is 1.06. The molecule has 0 unspecified atom stereocenters. The standard InChI is InChI=1S/C15H18N6O9/c1-4(22)5(2-7(23)24)18-13(27)9-11(16)21-10(12(17)20-9)14(28)19-6(15(29)30)3-8(25)26/h5-6H,2-3H2,1H3,(H2,16,21)(H2,17,20)(H,18,27)(H,19,28)(H,23,24)(H,25,26)(H,29,30)/t5-,6-/m1/s1. The van der Waals surface area contributed by atoms with Crippen LogP contribution in [0.2, 0.25) is 0 Å². The molecule has 9 N–H and O–H groups in total. The predicted octanol–water partition coefficient (Wildman–Crippen LogP) is -2.54. The van der Waals surface area contributed by atoms with Gasteiger partial charge in [0.2, 0.25) is 0 Å². The first-order valence-corrected chi connectivity index (χ1v) is 8.05. The Bertz CT molecular complexity index is 842. The number of hydrogen-bond acceptors (Lipinski definition) is 10. The zero-order chi connectivity index (χ0) is 23.2. The fourth-order valence-electron chi connectivity index (χ4n) is 2.09. The van der Waals surface area contributed by atoms with E-state index >= 15 is 0 Å². The quantitative estimate of drug-likeness (QED) is 0.203. The van der Waals surface area contributed by atoms with Crippen LogP contribution in [0.25, 0.3) is 0 Å². The van der Waals surface area contributed by atoms with Crippen molar-refractivity contribution in [3.8, 4) is 0 Å². The monoisotopic (exact) mass is 426 g/mol. The number of ketones is 1. The molecule has 15 heteroatoms. The van der Waals surface area contributed by atoms with Gasteiger partial charge in [-0.2, -0.15) is 0 Å². The average Bonchev–Trinajstić information content (AvgIpc) is 2.60. The second-order valence-electron chi connectivity index (χ2n) is 5.89. The molecule has 0 spiro atoms. The Morgan fingerprint density at radius 3 is 1.50 bits per heavy atom. The summed E-state index contributed by atoms with van der Waals surface area (Å²) in [5.74, 6) is -8.70. The molecule has 0 saturated heterocycles. The maximum absolute atomic E-state index is 12.2. The van der Waals surface area contributed by atoms with Crippen molar-refractivity contribution in [3.63, 3.8) is 0 Å². The van der Waals surface area contributed by atoms with E-state index in [1.54, 1.807) is 0 Å². The summed E-state index contributed by atoms with van der Waals surface area (Å²) in [4.78, 5) is 75.5. The highest BCUT2D eigenvalue weighted by atomic mass is 16.4. The molecular weight excluding hydrogens is 408 g/mol. The van der Waals surface area contributed by atoms with Gasteiger partial charge in [-0.3, -0.25) is 24.0 Å². The summed E-state index contributed by atoms with van der Waals surface area (Å²) in [6.07, 6.45) is -1.63. The predicted molar refractivity (Wildman–Crippen MR) is 96.2 cm³/mol. The highest BCUT2D eigenvalue weighted by molar-refractivity contribution is 6.03. The number of nitrogens with two attached hydrogens (primary N) is 2. The van der Waals surface area contributed by atoms with Gasteiger partial charge in [0.15, 0.2) is 28.8 Å². The van der Waals surface area contributed by atoms with Gasteiger partial charge in [0, 0.05) is 0 Å². The second-order valence-corrected chi connectivity index (χ2v) is 5.89. The van der Waals surface area contributed by atoms with E-state index < -0.39 is 83.5 Å². The van der Waals surface area contributed by atoms with Crippen LogP contribution < -0.4 is 22.1 Å². The minimum absolute atomic E-state index is 0.610. The first-order chi connectivity index (χ1) is 13.8. The van der Waals surface area contributed by atoms with Crippen molar-refractivity contribution in [2.24, 2.45) is 0 Å². The summed E-state index contributed by atoms with van der Waals surface area (Å²) in [6, 6.07) is -3.18. The molecule has 1 aromatic heterocycles.